The first-order valence-corrected chi connectivity index (χ1v) is 8.54. The van der Waals surface area contributed by atoms with Gasteiger partial charge in [-0.3, -0.25) is 0 Å². The van der Waals surface area contributed by atoms with Gasteiger partial charge >= 0.3 is 0 Å². The van der Waals surface area contributed by atoms with Gasteiger partial charge in [-0.15, -0.1) is 0 Å². The summed E-state index contributed by atoms with van der Waals surface area (Å²) in [6.45, 7) is 14.5. The largest absolute Gasteiger partial charge is 0.508 e. The number of hydrogen-bond donors (Lipinski definition) is 1. The average molecular weight is 323 g/mol. The van der Waals surface area contributed by atoms with E-state index >= 15 is 0 Å². The molecule has 0 aliphatic heterocycles. The van der Waals surface area contributed by atoms with Gasteiger partial charge in [-0.25, -0.2) is 0 Å². The quantitative estimate of drug-likeness (QED) is 0.536. The molecule has 1 aliphatic rings. The molecule has 0 fully saturated rings. The fraction of sp³-hybridized carbons (Fsp3) is 0.364. The summed E-state index contributed by atoms with van der Waals surface area (Å²) in [6.07, 6.45) is 5.65. The molecule has 0 atom stereocenters. The number of benzene rings is 1. The zero-order chi connectivity index (χ0) is 17.9. The predicted octanol–water partition coefficient (Wildman–Crippen LogP) is 5.70. The van der Waals surface area contributed by atoms with Crippen molar-refractivity contribution in [2.75, 3.05) is 13.6 Å². The summed E-state index contributed by atoms with van der Waals surface area (Å²) in [7, 11) is 2.00. The van der Waals surface area contributed by atoms with E-state index in [2.05, 4.69) is 63.2 Å². The van der Waals surface area contributed by atoms with Gasteiger partial charge in [0.15, 0.2) is 0 Å². The Labute approximate surface area is 146 Å². The van der Waals surface area contributed by atoms with Crippen LogP contribution in [0, 0.1) is 13.8 Å². The molecule has 2 nitrogen and oxygen atoms in total. The number of likely N-dealkylation sites (N-methyl/N-ethyl adjacent to an activating group) is 1. The standard InChI is InChI=1S/C22H29NO/c1-15-10-11-16(2)22(12-15)21-9-7-8-20(21)18(4)14-23(6)13-17(3)19(5)24/h10-12,14,24H,3,5,7-9,13H2,1-2,4,6H3/b18-14+. The maximum atomic E-state index is 9.41. The van der Waals surface area contributed by atoms with Crippen LogP contribution in [0.25, 0.3) is 5.57 Å². The molecule has 1 N–H and O–H groups in total. The highest BCUT2D eigenvalue weighted by atomic mass is 16.3. The molecule has 1 aromatic rings. The second-order valence-corrected chi connectivity index (χ2v) is 6.91. The highest BCUT2D eigenvalue weighted by Gasteiger charge is 2.19. The fourth-order valence-electron chi connectivity index (χ4n) is 3.38. The first-order chi connectivity index (χ1) is 11.3. The van der Waals surface area contributed by atoms with E-state index in [0.717, 1.165) is 12.8 Å². The van der Waals surface area contributed by atoms with Crippen molar-refractivity contribution in [2.45, 2.75) is 40.0 Å². The van der Waals surface area contributed by atoms with Crippen molar-refractivity contribution in [2.24, 2.45) is 0 Å². The summed E-state index contributed by atoms with van der Waals surface area (Å²) in [5, 5.41) is 9.41. The van der Waals surface area contributed by atoms with Crippen LogP contribution in [-0.4, -0.2) is 23.6 Å². The van der Waals surface area contributed by atoms with Gasteiger partial charge in [-0.2, -0.15) is 0 Å². The number of allylic oxidation sites excluding steroid dienone is 3. The minimum atomic E-state index is 0.0593. The Balaban J connectivity index is 2.30. The monoisotopic (exact) mass is 323 g/mol. The van der Waals surface area contributed by atoms with Crippen molar-refractivity contribution >= 4 is 5.57 Å². The van der Waals surface area contributed by atoms with Gasteiger partial charge in [0.25, 0.3) is 0 Å². The Kier molecular flexibility index (Phi) is 5.71. The summed E-state index contributed by atoms with van der Waals surface area (Å²) in [6, 6.07) is 6.71. The lowest BCUT2D eigenvalue weighted by atomic mass is 9.93. The molecule has 0 heterocycles. The summed E-state index contributed by atoms with van der Waals surface area (Å²) < 4.78 is 0. The van der Waals surface area contributed by atoms with E-state index in [1.807, 2.05) is 7.05 Å². The van der Waals surface area contributed by atoms with Crippen LogP contribution >= 0.6 is 0 Å². The van der Waals surface area contributed by atoms with Gasteiger partial charge in [-0.05, 0) is 67.9 Å². The molecule has 0 radical (unpaired) electrons. The SMILES string of the molecule is C=C(O)C(=C)CN(C)/C=C(\C)C1=C(c2cc(C)ccc2C)CCC1. The van der Waals surface area contributed by atoms with Gasteiger partial charge in [0.2, 0.25) is 0 Å². The lowest BCUT2D eigenvalue weighted by Gasteiger charge is -2.18. The van der Waals surface area contributed by atoms with E-state index in [9.17, 15) is 5.11 Å². The third-order valence-corrected chi connectivity index (χ3v) is 4.67. The lowest BCUT2D eigenvalue weighted by Crippen LogP contribution is -2.15. The van der Waals surface area contributed by atoms with Crippen molar-refractivity contribution < 1.29 is 5.11 Å². The van der Waals surface area contributed by atoms with Crippen LogP contribution < -0.4 is 0 Å². The molecule has 0 aromatic heterocycles. The summed E-state index contributed by atoms with van der Waals surface area (Å²) >= 11 is 0. The zero-order valence-corrected chi connectivity index (χ0v) is 15.4. The molecule has 128 valence electrons. The van der Waals surface area contributed by atoms with Gasteiger partial charge < -0.3 is 10.0 Å². The number of aliphatic hydroxyl groups is 1. The van der Waals surface area contributed by atoms with E-state index in [1.165, 1.54) is 39.8 Å². The maximum absolute atomic E-state index is 9.41. The molecular formula is C22H29NO. The van der Waals surface area contributed by atoms with Gasteiger partial charge in [-0.1, -0.05) is 36.9 Å². The molecule has 0 bridgehead atoms. The molecule has 24 heavy (non-hydrogen) atoms. The predicted molar refractivity (Wildman–Crippen MR) is 104 cm³/mol. The molecule has 2 heteroatoms. The topological polar surface area (TPSA) is 23.5 Å². The molecule has 1 aliphatic carbocycles. The summed E-state index contributed by atoms with van der Waals surface area (Å²) in [5.41, 5.74) is 8.95. The van der Waals surface area contributed by atoms with Crippen molar-refractivity contribution in [1.82, 2.24) is 4.90 Å². The number of aryl methyl sites for hydroxylation is 2. The molecule has 0 saturated heterocycles. The highest BCUT2D eigenvalue weighted by Crippen LogP contribution is 2.39. The fourth-order valence-corrected chi connectivity index (χ4v) is 3.38. The highest BCUT2D eigenvalue weighted by molar-refractivity contribution is 5.76. The molecule has 1 aromatic carbocycles. The minimum Gasteiger partial charge on any atom is -0.508 e. The molecule has 0 saturated carbocycles. The zero-order valence-electron chi connectivity index (χ0n) is 15.4. The third kappa shape index (κ3) is 4.19. The third-order valence-electron chi connectivity index (χ3n) is 4.67. The smallest absolute Gasteiger partial charge is 0.112 e. The Bertz CT molecular complexity index is 721. The number of rotatable bonds is 6. The van der Waals surface area contributed by atoms with E-state index in [0.29, 0.717) is 12.1 Å². The van der Waals surface area contributed by atoms with Crippen LogP contribution in [0.15, 0.2) is 60.0 Å². The molecule has 2 rings (SSSR count). The molecular weight excluding hydrogens is 294 g/mol. The van der Waals surface area contributed by atoms with Crippen LogP contribution in [-0.2, 0) is 0 Å². The molecule has 0 amide bonds. The van der Waals surface area contributed by atoms with Crippen LogP contribution in [0.1, 0.15) is 42.9 Å². The second-order valence-electron chi connectivity index (χ2n) is 6.91. The van der Waals surface area contributed by atoms with Gasteiger partial charge in [0.1, 0.15) is 5.76 Å². The van der Waals surface area contributed by atoms with Gasteiger partial charge in [0, 0.05) is 25.4 Å². The number of hydrogen-bond acceptors (Lipinski definition) is 2. The Hall–Kier alpha value is -2.22. The first kappa shape index (κ1) is 18.1. The number of aliphatic hydroxyl groups excluding tert-OH is 1. The molecule has 0 unspecified atom stereocenters. The second kappa shape index (κ2) is 7.57. The van der Waals surface area contributed by atoms with Crippen molar-refractivity contribution in [3.05, 3.63) is 76.7 Å². The Morgan fingerprint density at radius 1 is 1.25 bits per heavy atom. The normalized spacial score (nSPS) is 14.9. The Morgan fingerprint density at radius 2 is 1.96 bits per heavy atom. The van der Waals surface area contributed by atoms with Crippen LogP contribution in [0.3, 0.4) is 0 Å². The summed E-state index contributed by atoms with van der Waals surface area (Å²) in [5.74, 6) is 0.0593. The van der Waals surface area contributed by atoms with Crippen LogP contribution in [0.4, 0.5) is 0 Å². The lowest BCUT2D eigenvalue weighted by molar-refractivity contribution is 0.404. The van der Waals surface area contributed by atoms with E-state index in [-0.39, 0.29) is 5.76 Å². The van der Waals surface area contributed by atoms with Crippen molar-refractivity contribution in [1.29, 1.82) is 0 Å². The number of nitrogens with zero attached hydrogens (tertiary/aromatic N) is 1. The minimum absolute atomic E-state index is 0.0593. The maximum Gasteiger partial charge on any atom is 0.112 e. The van der Waals surface area contributed by atoms with Crippen LogP contribution in [0.5, 0.6) is 0 Å². The van der Waals surface area contributed by atoms with E-state index < -0.39 is 0 Å². The Morgan fingerprint density at radius 3 is 2.62 bits per heavy atom. The van der Waals surface area contributed by atoms with E-state index in [4.69, 9.17) is 0 Å². The van der Waals surface area contributed by atoms with Crippen molar-refractivity contribution in [3.8, 4) is 0 Å². The van der Waals surface area contributed by atoms with Crippen LogP contribution in [0.2, 0.25) is 0 Å². The van der Waals surface area contributed by atoms with E-state index in [1.54, 1.807) is 0 Å². The summed E-state index contributed by atoms with van der Waals surface area (Å²) in [4.78, 5) is 2.06. The van der Waals surface area contributed by atoms with Gasteiger partial charge in [0.05, 0.1) is 0 Å². The first-order valence-electron chi connectivity index (χ1n) is 8.54. The van der Waals surface area contributed by atoms with Crippen molar-refractivity contribution in [3.63, 3.8) is 0 Å². The average Bonchev–Trinajstić information content (AvgIpc) is 2.98. The molecule has 0 spiro atoms.